The van der Waals surface area contributed by atoms with Gasteiger partial charge in [-0.1, -0.05) is 19.9 Å². The number of nitrogens with one attached hydrogen (secondary N) is 1. The zero-order valence-electron chi connectivity index (χ0n) is 19.0. The van der Waals surface area contributed by atoms with Crippen molar-refractivity contribution in [2.45, 2.75) is 44.2 Å². The fourth-order valence-corrected chi connectivity index (χ4v) is 6.94. The van der Waals surface area contributed by atoms with E-state index in [0.717, 1.165) is 71.1 Å². The van der Waals surface area contributed by atoms with E-state index in [1.165, 1.54) is 0 Å². The van der Waals surface area contributed by atoms with Crippen LogP contribution in [0.25, 0.3) is 22.3 Å². The van der Waals surface area contributed by atoms with Gasteiger partial charge in [0.15, 0.2) is 0 Å². The third kappa shape index (κ3) is 3.39. The van der Waals surface area contributed by atoms with E-state index in [9.17, 15) is 4.21 Å². The van der Waals surface area contributed by atoms with E-state index in [0.29, 0.717) is 11.8 Å². The lowest BCUT2D eigenvalue weighted by Gasteiger charge is -2.35. The number of aromatic amines is 1. The minimum atomic E-state index is -0.945. The highest BCUT2D eigenvalue weighted by Crippen LogP contribution is 2.44. The van der Waals surface area contributed by atoms with Crippen molar-refractivity contribution in [2.75, 3.05) is 23.7 Å². The number of aromatic nitrogens is 5. The third-order valence-electron chi connectivity index (χ3n) is 7.42. The molecule has 7 nitrogen and oxygen atoms in total. The summed E-state index contributed by atoms with van der Waals surface area (Å²) in [5.41, 5.74) is 4.19. The summed E-state index contributed by atoms with van der Waals surface area (Å²) in [5.74, 6) is 1.67. The molecule has 0 aromatic carbocycles. The van der Waals surface area contributed by atoms with E-state index < -0.39 is 10.8 Å². The van der Waals surface area contributed by atoms with Crippen molar-refractivity contribution in [3.8, 4) is 11.3 Å². The number of hydrogen-bond acceptors (Lipinski definition) is 5. The molecule has 0 spiro atoms. The Morgan fingerprint density at radius 2 is 2.15 bits per heavy atom. The normalized spacial score (nSPS) is 23.3. The number of hydrogen-bond donors (Lipinski definition) is 1. The predicted octanol–water partition coefficient (Wildman–Crippen LogP) is 4.35. The summed E-state index contributed by atoms with van der Waals surface area (Å²) in [5, 5.41) is 1.84. The van der Waals surface area contributed by atoms with Gasteiger partial charge >= 0.3 is 0 Å². The quantitative estimate of drug-likeness (QED) is 0.479. The summed E-state index contributed by atoms with van der Waals surface area (Å²) >= 11 is 0. The Morgan fingerprint density at radius 3 is 3.03 bits per heavy atom. The van der Waals surface area contributed by atoms with Gasteiger partial charge in [0.2, 0.25) is 0 Å². The number of anilines is 1. The maximum Gasteiger partial charge on any atom is 0.141 e. The van der Waals surface area contributed by atoms with Crippen molar-refractivity contribution in [3.05, 3.63) is 54.7 Å². The first kappa shape index (κ1) is 20.6. The Bertz CT molecular complexity index is 1360. The summed E-state index contributed by atoms with van der Waals surface area (Å²) in [7, 11) is -0.945. The molecular formula is C25H28N6OS. The highest BCUT2D eigenvalue weighted by molar-refractivity contribution is 7.85. The van der Waals surface area contributed by atoms with Gasteiger partial charge in [-0.3, -0.25) is 4.21 Å². The summed E-state index contributed by atoms with van der Waals surface area (Å²) in [4.78, 5) is 19.2. The fraction of sp³-hybridized carbons (Fsp3) is 0.400. The summed E-state index contributed by atoms with van der Waals surface area (Å²) < 4.78 is 14.7. The average Bonchev–Trinajstić information content (AvgIpc) is 3.61. The van der Waals surface area contributed by atoms with Crippen LogP contribution < -0.4 is 4.90 Å². The minimum absolute atomic E-state index is 0.111. The van der Waals surface area contributed by atoms with E-state index in [1.54, 1.807) is 6.33 Å². The van der Waals surface area contributed by atoms with Gasteiger partial charge in [0.05, 0.1) is 16.5 Å². The predicted molar refractivity (Wildman–Crippen MR) is 131 cm³/mol. The molecule has 4 aromatic rings. The van der Waals surface area contributed by atoms with Crippen LogP contribution >= 0.6 is 0 Å². The Balaban J connectivity index is 1.27. The molecule has 33 heavy (non-hydrogen) atoms. The van der Waals surface area contributed by atoms with Gasteiger partial charge in [-0.2, -0.15) is 0 Å². The zero-order valence-corrected chi connectivity index (χ0v) is 19.8. The lowest BCUT2D eigenvalue weighted by molar-refractivity contribution is 0.211. The van der Waals surface area contributed by atoms with Crippen LogP contribution in [0.1, 0.15) is 38.3 Å². The Labute approximate surface area is 195 Å². The molecule has 170 valence electrons. The zero-order chi connectivity index (χ0) is 22.6. The van der Waals surface area contributed by atoms with Crippen LogP contribution in [0.4, 0.5) is 5.82 Å². The fourth-order valence-electron chi connectivity index (χ4n) is 5.69. The molecular weight excluding hydrogens is 432 g/mol. The Kier molecular flexibility index (Phi) is 4.87. The van der Waals surface area contributed by atoms with Crippen LogP contribution in [0.3, 0.4) is 0 Å². The molecule has 8 heteroatoms. The van der Waals surface area contributed by atoms with E-state index in [4.69, 9.17) is 4.98 Å². The third-order valence-corrected chi connectivity index (χ3v) is 8.78. The number of rotatable bonds is 5. The van der Waals surface area contributed by atoms with Gasteiger partial charge in [-0.25, -0.2) is 15.0 Å². The van der Waals surface area contributed by atoms with E-state index in [2.05, 4.69) is 68.9 Å². The monoisotopic (exact) mass is 460 g/mol. The lowest BCUT2D eigenvalue weighted by atomic mass is 9.80. The van der Waals surface area contributed by atoms with Crippen molar-refractivity contribution >= 4 is 27.7 Å². The molecule has 4 aromatic heterocycles. The first-order valence-electron chi connectivity index (χ1n) is 11.6. The summed E-state index contributed by atoms with van der Waals surface area (Å²) in [6.07, 6.45) is 11.0. The summed E-state index contributed by atoms with van der Waals surface area (Å²) in [6, 6.07) is 8.79. The summed E-state index contributed by atoms with van der Waals surface area (Å²) in [6.45, 7) is 6.56. The van der Waals surface area contributed by atoms with Crippen LogP contribution in [-0.2, 0) is 17.2 Å². The molecule has 0 radical (unpaired) electrons. The van der Waals surface area contributed by atoms with Gasteiger partial charge < -0.3 is 14.5 Å². The molecule has 3 atom stereocenters. The maximum absolute atomic E-state index is 12.3. The average molecular weight is 461 g/mol. The molecule has 6 rings (SSSR count). The molecule has 3 unspecified atom stereocenters. The van der Waals surface area contributed by atoms with Crippen molar-refractivity contribution < 1.29 is 4.21 Å². The molecule has 0 bridgehead atoms. The highest BCUT2D eigenvalue weighted by Gasteiger charge is 2.41. The van der Waals surface area contributed by atoms with Gasteiger partial charge in [0, 0.05) is 59.8 Å². The molecule has 0 amide bonds. The van der Waals surface area contributed by atoms with E-state index in [1.807, 2.05) is 12.3 Å². The van der Waals surface area contributed by atoms with Crippen LogP contribution in [0.15, 0.2) is 54.2 Å². The second-order valence-corrected chi connectivity index (χ2v) is 11.0. The lowest BCUT2D eigenvalue weighted by Crippen LogP contribution is -2.33. The minimum Gasteiger partial charge on any atom is -0.356 e. The van der Waals surface area contributed by atoms with Crippen molar-refractivity contribution in [3.63, 3.8) is 0 Å². The smallest absolute Gasteiger partial charge is 0.141 e. The van der Waals surface area contributed by atoms with Crippen molar-refractivity contribution in [1.29, 1.82) is 0 Å². The second kappa shape index (κ2) is 7.80. The van der Waals surface area contributed by atoms with Crippen LogP contribution in [0.2, 0.25) is 0 Å². The first-order chi connectivity index (χ1) is 16.1. The van der Waals surface area contributed by atoms with Crippen LogP contribution in [-0.4, -0.2) is 47.6 Å². The first-order valence-corrected chi connectivity index (χ1v) is 13.0. The topological polar surface area (TPSA) is 79.7 Å². The molecule has 1 fully saturated rings. The number of H-pyrrole nitrogens is 1. The van der Waals surface area contributed by atoms with Crippen LogP contribution in [0.5, 0.6) is 0 Å². The highest BCUT2D eigenvalue weighted by atomic mass is 32.2. The molecule has 2 aliphatic rings. The van der Waals surface area contributed by atoms with Crippen LogP contribution in [0, 0.1) is 5.41 Å². The van der Waals surface area contributed by atoms with E-state index in [-0.39, 0.29) is 5.41 Å². The molecule has 0 aliphatic carbocycles. The van der Waals surface area contributed by atoms with Crippen molar-refractivity contribution in [2.24, 2.45) is 5.41 Å². The Morgan fingerprint density at radius 1 is 1.24 bits per heavy atom. The number of fused-ring (bicyclic) bond motifs is 2. The largest absolute Gasteiger partial charge is 0.356 e. The van der Waals surface area contributed by atoms with E-state index >= 15 is 0 Å². The van der Waals surface area contributed by atoms with Gasteiger partial charge in [-0.15, -0.1) is 0 Å². The number of aryl methyl sites for hydroxylation is 1. The standard InChI is InChI=1S/C25H28N6OS/c1-3-20(30-11-7-18(14-30)22-19-6-10-26-23(19)28-16-27-22)25(2)9-12-31(15-25)21-5-4-17-8-13-33(32)24(17)29-21/h4-7,10-11,14,16,20H,3,8-9,12-13,15H2,1-2H3,(H,26,27,28). The molecule has 2 aliphatic heterocycles. The number of nitrogens with zero attached hydrogens (tertiary/aromatic N) is 5. The molecule has 1 saturated heterocycles. The van der Waals surface area contributed by atoms with Gasteiger partial charge in [0.25, 0.3) is 0 Å². The SMILES string of the molecule is CCC(n1ccc(-c2ncnc3[nH]ccc23)c1)C1(C)CCN(c2ccc3c(n2)S(=O)CC3)C1. The molecule has 0 saturated carbocycles. The molecule has 6 heterocycles. The Hall–Kier alpha value is -3.00. The second-order valence-electron chi connectivity index (χ2n) is 9.49. The maximum atomic E-state index is 12.3. The number of pyridine rings is 1. The van der Waals surface area contributed by atoms with Crippen molar-refractivity contribution in [1.82, 2.24) is 24.5 Å². The molecule has 1 N–H and O–H groups in total. The van der Waals surface area contributed by atoms with Gasteiger partial charge in [0.1, 0.15) is 22.8 Å². The van der Waals surface area contributed by atoms with Gasteiger partial charge in [-0.05, 0) is 43.0 Å².